The van der Waals surface area contributed by atoms with Crippen LogP contribution in [-0.4, -0.2) is 186 Å². The Hall–Kier alpha value is 2.73. The van der Waals surface area contributed by atoms with Gasteiger partial charge in [0.2, 0.25) is 0 Å². The van der Waals surface area contributed by atoms with E-state index in [0.29, 0.717) is 0 Å². The van der Waals surface area contributed by atoms with Gasteiger partial charge in [-0.15, -0.1) is 0 Å². The zero-order valence-electron chi connectivity index (χ0n) is 12.6. The maximum atomic E-state index is 8.33. The third kappa shape index (κ3) is 2370. The van der Waals surface area contributed by atoms with Crippen LogP contribution in [0.15, 0.2) is 0 Å². The van der Waals surface area contributed by atoms with Crippen LogP contribution < -0.4 is 10.2 Å². The first kappa shape index (κ1) is 672. The van der Waals surface area contributed by atoms with Crippen LogP contribution in [0, 0.1) is 0 Å². The fourth-order valence-corrected chi connectivity index (χ4v) is 0. The molecule has 0 fully saturated rings. The summed E-state index contributed by atoms with van der Waals surface area (Å²) in [6.07, 6.45) is -2.33. The summed E-state index contributed by atoms with van der Waals surface area (Å²) in [7, 11) is 0. The first-order chi connectivity index (χ1) is 1.73. The van der Waals surface area contributed by atoms with Crippen molar-refractivity contribution in [2.24, 2.45) is 0 Å². The van der Waals surface area contributed by atoms with E-state index in [-0.39, 0.29) is 214 Å². The molecule has 0 aromatic heterocycles. The van der Waals surface area contributed by atoms with Crippen molar-refractivity contribution in [2.45, 2.75) is 0 Å². The molecule has 0 saturated carbocycles. The fraction of sp³-hybridized carbons (Fsp3) is 0. The van der Waals surface area contributed by atoms with Crippen molar-refractivity contribution in [2.75, 3.05) is 0 Å². The smallest absolute Gasteiger partial charge is 0.870 e. The Morgan fingerprint density at radius 1 is 0.385 bits per heavy atom. The minimum Gasteiger partial charge on any atom is -0.870 e. The summed E-state index contributed by atoms with van der Waals surface area (Å²) in [4.78, 5) is 8.33. The third-order valence-electron chi connectivity index (χ3n) is 0. The van der Waals surface area contributed by atoms with Crippen LogP contribution >= 0.6 is 0 Å². The zero-order chi connectivity index (χ0) is 3.58. The van der Waals surface area contributed by atoms with Crippen molar-refractivity contribution in [1.29, 1.82) is 0 Å². The molecule has 0 aliphatic heterocycles. The van der Waals surface area contributed by atoms with Gasteiger partial charge in [0.05, 0.1) is 0 Å². The summed E-state index contributed by atoms with van der Waals surface area (Å²) in [5.41, 5.74) is 0. The number of carbonyl (C=O) groups excluding carboxylic acids is 1. The summed E-state index contributed by atoms with van der Waals surface area (Å²) in [6, 6.07) is 0. The van der Waals surface area contributed by atoms with Crippen molar-refractivity contribution in [1.82, 2.24) is 0 Å². The van der Waals surface area contributed by atoms with Gasteiger partial charge in [-0.05, 0) is 6.16 Å². The molecule has 162 valence electrons. The van der Waals surface area contributed by atoms with E-state index in [1.807, 2.05) is 0 Å². The van der Waals surface area contributed by atoms with Crippen LogP contribution in [0.5, 0.6) is 0 Å². The Bertz CT molecular complexity index is 54.5. The van der Waals surface area contributed by atoms with Gasteiger partial charge in [-0.25, -0.2) is 0 Å². The summed E-state index contributed by atoms with van der Waals surface area (Å²) in [5, 5.41) is 16.7. The second-order valence-corrected chi connectivity index (χ2v) is 0.250. The predicted molar refractivity (Wildman–Crippen MR) is 66.1 cm³/mol. The van der Waals surface area contributed by atoms with E-state index >= 15 is 0 Å². The van der Waals surface area contributed by atoms with Gasteiger partial charge in [-0.2, -0.15) is 0 Å². The van der Waals surface area contributed by atoms with E-state index < -0.39 is 6.16 Å². The molecule has 0 heterocycles. The molecule has 0 aliphatic carbocycles. The summed E-state index contributed by atoms with van der Waals surface area (Å²) >= 11 is 0. The van der Waals surface area contributed by atoms with E-state index in [0.717, 1.165) is 0 Å². The van der Waals surface area contributed by atoms with E-state index in [9.17, 15) is 0 Å². The van der Waals surface area contributed by atoms with Crippen molar-refractivity contribution < 1.29 is 137 Å². The monoisotopic (exact) mass is 544 g/mol. The van der Waals surface area contributed by atoms with Gasteiger partial charge in [-0.3, -0.25) is 0 Å². The van der Waals surface area contributed by atoms with Gasteiger partial charge in [0.15, 0.2) is 0 Å². The molecule has 0 saturated heterocycles. The molecule has 0 aromatic rings. The molecule has 20 N–H and O–H groups in total. The van der Waals surface area contributed by atoms with Gasteiger partial charge >= 0.3 is 126 Å². The maximum absolute atomic E-state index is 8.33. The Kier molecular flexibility index (Phi) is 15600. The van der Waals surface area contributed by atoms with Crippen molar-refractivity contribution in [3.8, 4) is 0 Å². The molecule has 0 rings (SSSR count). The molecule has 26 heavy (non-hydrogen) atoms. The van der Waals surface area contributed by atoms with Crippen LogP contribution in [-0.2, 0) is 34.1 Å². The van der Waals surface area contributed by atoms with Crippen LogP contribution in [0.2, 0.25) is 0 Å². The standard InChI is InChI=1S/CH2O3.2Fe.4Mg.16H2O/c2-1(3)4;;;;;;;;;;;;;;;;;;;;;;/h(H2,2,3,4);;;;;;;16*1H2/q;2*+3;4*+2;;;;;;;;;;;;;;;;/p-14. The molecule has 0 atom stereocenters. The largest absolute Gasteiger partial charge is 3.00 e. The van der Waals surface area contributed by atoms with Gasteiger partial charge in [0.25, 0.3) is 0 Å². The number of hydrogen-bond acceptors (Lipinski definition) is 15. The van der Waals surface area contributed by atoms with Gasteiger partial charge in [-0.1, -0.05) is 0 Å². The average Bonchev–Trinajstić information content (AvgIpc) is 0.811. The number of hydrogen-bond donors (Lipinski definition) is 0. The Labute approximate surface area is 232 Å². The summed E-state index contributed by atoms with van der Waals surface area (Å²) in [6.45, 7) is 0. The molecule has 19 nitrogen and oxygen atoms in total. The van der Waals surface area contributed by atoms with Crippen molar-refractivity contribution in [3.05, 3.63) is 0 Å². The Balaban J connectivity index is -0.000000000195. The van der Waals surface area contributed by atoms with E-state index in [1.54, 1.807) is 0 Å². The number of rotatable bonds is 0. The van der Waals surface area contributed by atoms with E-state index in [1.165, 1.54) is 0 Å². The number of carbonyl (C=O) groups is 1. The molecule has 0 amide bonds. The number of carboxylic acid groups (broad SMARTS) is 2. The minimum absolute atomic E-state index is 0. The minimum atomic E-state index is -2.33. The second kappa shape index (κ2) is 603. The molecule has 0 bridgehead atoms. The topological polar surface area (TPSA) is 549 Å². The molecular formula is CH20Fe2Mg4O19. The summed E-state index contributed by atoms with van der Waals surface area (Å²) < 4.78 is 0. The van der Waals surface area contributed by atoms with Gasteiger partial charge in [0, 0.05) is 0 Å². The predicted octanol–water partition coefficient (Wildman–Crippen LogP) is -9.40. The van der Waals surface area contributed by atoms with E-state index in [2.05, 4.69) is 0 Å². The van der Waals surface area contributed by atoms with Gasteiger partial charge in [0.1, 0.15) is 0 Å². The van der Waals surface area contributed by atoms with Crippen LogP contribution in [0.4, 0.5) is 4.79 Å². The first-order valence-corrected chi connectivity index (χ1v) is 0.612. The summed E-state index contributed by atoms with van der Waals surface area (Å²) in [5.74, 6) is 0. The Morgan fingerprint density at radius 2 is 0.385 bits per heavy atom. The van der Waals surface area contributed by atoms with Gasteiger partial charge < -0.3 is 103 Å². The molecule has 25 heteroatoms. The van der Waals surface area contributed by atoms with Crippen LogP contribution in [0.3, 0.4) is 0 Å². The van der Waals surface area contributed by atoms with Crippen molar-refractivity contribution in [3.63, 3.8) is 0 Å². The van der Waals surface area contributed by atoms with E-state index in [4.69, 9.17) is 15.0 Å². The van der Waals surface area contributed by atoms with Crippen molar-refractivity contribution >= 4 is 98.4 Å². The first-order valence-electron chi connectivity index (χ1n) is 0.612. The molecule has 0 aliphatic rings. The second-order valence-electron chi connectivity index (χ2n) is 0.250. The van der Waals surface area contributed by atoms with Crippen LogP contribution in [0.25, 0.3) is 0 Å². The molecule has 0 aromatic carbocycles. The average molecular weight is 545 g/mol. The third-order valence-corrected chi connectivity index (χ3v) is 0. The quantitative estimate of drug-likeness (QED) is 0.255. The Morgan fingerprint density at radius 3 is 0.385 bits per heavy atom. The molecule has 0 spiro atoms. The zero-order valence-corrected chi connectivity index (χ0v) is 20.5. The molecule has 2 radical (unpaired) electrons. The molecular weight excluding hydrogens is 525 g/mol. The SMILES string of the molecule is O.O.O.O.O=C([O-])[O-].[Fe+3].[Fe+3].[Mg+2].[Mg+2].[Mg+2].[Mg+2].[OH-].[OH-].[OH-].[OH-].[OH-].[OH-].[OH-].[OH-].[OH-].[OH-].[OH-].[OH-]. The normalized spacial score (nSPS) is 0.923. The van der Waals surface area contributed by atoms with Crippen LogP contribution in [0.1, 0.15) is 0 Å². The maximum Gasteiger partial charge on any atom is 3.00 e. The molecule has 0 unspecified atom stereocenters. The fourth-order valence-electron chi connectivity index (χ4n) is 0.